The summed E-state index contributed by atoms with van der Waals surface area (Å²) in [7, 11) is 1.66. The third-order valence-corrected chi connectivity index (χ3v) is 8.53. The van der Waals surface area contributed by atoms with E-state index in [1.165, 1.54) is 9.13 Å². The summed E-state index contributed by atoms with van der Waals surface area (Å²) in [5, 5.41) is 12.0. The molecule has 196 valence electrons. The molecule has 1 aromatic carbocycles. The number of nitrogens with zero attached hydrogens (tertiary/aromatic N) is 4. The number of imide groups is 1. The van der Waals surface area contributed by atoms with Crippen molar-refractivity contribution in [2.24, 2.45) is 12.5 Å². The number of piperidine rings is 1. The second-order valence-electron chi connectivity index (χ2n) is 11.4. The number of nitrogens with one attached hydrogen (secondary N) is 1. The van der Waals surface area contributed by atoms with Gasteiger partial charge in [0.2, 0.25) is 11.8 Å². The van der Waals surface area contributed by atoms with E-state index in [2.05, 4.69) is 42.8 Å². The lowest BCUT2D eigenvalue weighted by Crippen LogP contribution is -2.67. The Kier molecular flexibility index (Phi) is 5.94. The molecular weight excluding hydrogens is 474 g/mol. The average Bonchev–Trinajstić information content (AvgIpc) is 3.19. The van der Waals surface area contributed by atoms with E-state index in [-0.39, 0.29) is 41.4 Å². The molecule has 1 aromatic heterocycles. The molecule has 10 heteroatoms. The lowest BCUT2D eigenvalue weighted by Gasteiger charge is -2.54. The molecule has 10 nitrogen and oxygen atoms in total. The number of imidazole rings is 1. The van der Waals surface area contributed by atoms with E-state index >= 15 is 0 Å². The van der Waals surface area contributed by atoms with Gasteiger partial charge in [0, 0.05) is 38.1 Å². The maximum Gasteiger partial charge on any atom is 0.407 e. The predicted molar refractivity (Wildman–Crippen MR) is 137 cm³/mol. The van der Waals surface area contributed by atoms with Crippen molar-refractivity contribution in [2.75, 3.05) is 19.6 Å². The van der Waals surface area contributed by atoms with Crippen LogP contribution in [0.15, 0.2) is 23.0 Å². The van der Waals surface area contributed by atoms with Crippen LogP contribution in [0.25, 0.3) is 11.0 Å². The van der Waals surface area contributed by atoms with Crippen LogP contribution in [0.1, 0.15) is 58.1 Å². The van der Waals surface area contributed by atoms with Crippen molar-refractivity contribution in [1.82, 2.24) is 24.3 Å². The van der Waals surface area contributed by atoms with Gasteiger partial charge < -0.3 is 10.0 Å². The van der Waals surface area contributed by atoms with Gasteiger partial charge >= 0.3 is 11.8 Å². The summed E-state index contributed by atoms with van der Waals surface area (Å²) >= 11 is 0. The van der Waals surface area contributed by atoms with Gasteiger partial charge in [-0.1, -0.05) is 38.7 Å². The molecule has 2 aromatic rings. The number of carbonyl (C=O) groups excluding carboxylic acids is 2. The molecule has 3 aliphatic heterocycles. The summed E-state index contributed by atoms with van der Waals surface area (Å²) in [6.07, 6.45) is 1.44. The molecule has 0 aliphatic carbocycles. The molecule has 0 saturated carbocycles. The number of rotatable bonds is 2. The van der Waals surface area contributed by atoms with Gasteiger partial charge in [0.1, 0.15) is 6.04 Å². The first kappa shape index (κ1) is 25.1. The van der Waals surface area contributed by atoms with Gasteiger partial charge in [-0.15, -0.1) is 0 Å². The minimum atomic E-state index is -0.876. The number of carboxylic acid groups (broad SMARTS) is 1. The monoisotopic (exact) mass is 507 g/mol. The highest BCUT2D eigenvalue weighted by Gasteiger charge is 2.57. The highest BCUT2D eigenvalue weighted by atomic mass is 16.4. The Labute approximate surface area is 215 Å². The smallest absolute Gasteiger partial charge is 0.407 e. The zero-order valence-corrected chi connectivity index (χ0v) is 21.7. The first-order chi connectivity index (χ1) is 17.4. The molecule has 3 unspecified atom stereocenters. The molecule has 3 aliphatic rings. The number of aryl methyl sites for hydroxylation is 1. The molecule has 37 heavy (non-hydrogen) atoms. The quantitative estimate of drug-likeness (QED) is 0.474. The van der Waals surface area contributed by atoms with Crippen LogP contribution in [-0.2, 0) is 16.6 Å². The van der Waals surface area contributed by atoms with Crippen LogP contribution in [0.4, 0.5) is 4.79 Å². The van der Waals surface area contributed by atoms with Crippen LogP contribution in [0.5, 0.6) is 0 Å². The second kappa shape index (κ2) is 8.77. The van der Waals surface area contributed by atoms with Crippen LogP contribution in [-0.4, -0.2) is 73.2 Å². The molecule has 3 amide bonds. The van der Waals surface area contributed by atoms with E-state index in [1.807, 2.05) is 12.1 Å². The number of piperazine rings is 1. The third-order valence-electron chi connectivity index (χ3n) is 8.53. The standard InChI is InChI=1S/C27H33N5O5/c1-26(2,3)27-13-12-18(15-30(16-27)25(36)37)31(27)14-6-8-17-7-5-9-19-22(17)29(4)24(35)32(19)20-10-11-21(33)28-23(20)34/h5,7,9,18,20H,10-16H2,1-4H3,(H,36,37)(H,28,33,34). The van der Waals surface area contributed by atoms with Crippen molar-refractivity contribution in [1.29, 1.82) is 0 Å². The Hall–Kier alpha value is -3.58. The number of likely N-dealkylation sites (tertiary alicyclic amines) is 1. The lowest BCUT2D eigenvalue weighted by molar-refractivity contribution is -0.135. The van der Waals surface area contributed by atoms with Crippen molar-refractivity contribution in [3.63, 3.8) is 0 Å². The fourth-order valence-corrected chi connectivity index (χ4v) is 6.51. The van der Waals surface area contributed by atoms with Crippen LogP contribution >= 0.6 is 0 Å². The zero-order valence-electron chi connectivity index (χ0n) is 21.7. The van der Waals surface area contributed by atoms with Crippen molar-refractivity contribution in [2.45, 2.75) is 64.1 Å². The highest BCUT2D eigenvalue weighted by molar-refractivity contribution is 6.00. The van der Waals surface area contributed by atoms with Crippen LogP contribution < -0.4 is 11.0 Å². The largest absolute Gasteiger partial charge is 0.465 e. The number of carbonyl (C=O) groups is 3. The molecule has 2 N–H and O–H groups in total. The van der Waals surface area contributed by atoms with Crippen molar-refractivity contribution < 1.29 is 19.5 Å². The Morgan fingerprint density at radius 1 is 1.22 bits per heavy atom. The molecule has 4 heterocycles. The average molecular weight is 508 g/mol. The third kappa shape index (κ3) is 3.93. The van der Waals surface area contributed by atoms with E-state index in [9.17, 15) is 24.3 Å². The summed E-state index contributed by atoms with van der Waals surface area (Å²) in [5.41, 5.74) is 1.18. The SMILES string of the molecule is Cn1c(=O)n(C2CCC(=O)NC2=O)c2cccc(C#CCN3C4CCC3(C(C)(C)C)CN(C(=O)O)C4)c21. The van der Waals surface area contributed by atoms with Gasteiger partial charge in [-0.2, -0.15) is 0 Å². The first-order valence-corrected chi connectivity index (χ1v) is 12.7. The Morgan fingerprint density at radius 3 is 2.65 bits per heavy atom. The summed E-state index contributed by atoms with van der Waals surface area (Å²) in [4.78, 5) is 53.0. The molecule has 0 radical (unpaired) electrons. The van der Waals surface area contributed by atoms with Gasteiger partial charge in [0.25, 0.3) is 0 Å². The van der Waals surface area contributed by atoms with Gasteiger partial charge in [-0.3, -0.25) is 28.9 Å². The lowest BCUT2D eigenvalue weighted by atomic mass is 9.71. The summed E-state index contributed by atoms with van der Waals surface area (Å²) in [5.74, 6) is 5.78. The number of hydrogen-bond acceptors (Lipinski definition) is 5. The summed E-state index contributed by atoms with van der Waals surface area (Å²) < 4.78 is 2.97. The number of benzene rings is 1. The summed E-state index contributed by atoms with van der Waals surface area (Å²) in [6.45, 7) is 7.92. The Morgan fingerprint density at radius 2 is 1.97 bits per heavy atom. The molecule has 2 bridgehead atoms. The van der Waals surface area contributed by atoms with Crippen LogP contribution in [0.3, 0.4) is 0 Å². The van der Waals surface area contributed by atoms with Crippen molar-refractivity contribution >= 4 is 28.9 Å². The minimum Gasteiger partial charge on any atom is -0.465 e. The zero-order chi connectivity index (χ0) is 26.7. The topological polar surface area (TPSA) is 117 Å². The van der Waals surface area contributed by atoms with E-state index in [0.29, 0.717) is 36.2 Å². The van der Waals surface area contributed by atoms with E-state index in [1.54, 1.807) is 18.0 Å². The minimum absolute atomic E-state index is 0.118. The second-order valence-corrected chi connectivity index (χ2v) is 11.4. The van der Waals surface area contributed by atoms with Crippen molar-refractivity contribution in [3.05, 3.63) is 34.2 Å². The van der Waals surface area contributed by atoms with Crippen LogP contribution in [0.2, 0.25) is 0 Å². The predicted octanol–water partition coefficient (Wildman–Crippen LogP) is 1.91. The van der Waals surface area contributed by atoms with E-state index < -0.39 is 18.0 Å². The fourth-order valence-electron chi connectivity index (χ4n) is 6.51. The maximum atomic E-state index is 13.2. The first-order valence-electron chi connectivity index (χ1n) is 12.7. The van der Waals surface area contributed by atoms with E-state index in [0.717, 1.165) is 12.8 Å². The molecule has 3 atom stereocenters. The molecule has 5 rings (SSSR count). The fraction of sp³-hybridized carbons (Fsp3) is 0.556. The van der Waals surface area contributed by atoms with Gasteiger partial charge in [0.15, 0.2) is 0 Å². The Balaban J connectivity index is 1.48. The number of amides is 3. The van der Waals surface area contributed by atoms with Gasteiger partial charge in [0.05, 0.1) is 23.1 Å². The Bertz CT molecular complexity index is 1420. The molecule has 0 spiro atoms. The molecular formula is C27H33N5O5. The number of para-hydroxylation sites is 1. The number of aromatic nitrogens is 2. The summed E-state index contributed by atoms with van der Waals surface area (Å²) in [6, 6.07) is 4.85. The molecule has 3 fully saturated rings. The van der Waals surface area contributed by atoms with Gasteiger partial charge in [-0.05, 0) is 36.8 Å². The normalized spacial score (nSPS) is 26.2. The number of fused-ring (bicyclic) bond motifs is 3. The number of hydrogen-bond donors (Lipinski definition) is 2. The van der Waals surface area contributed by atoms with Crippen LogP contribution in [0, 0.1) is 17.3 Å². The van der Waals surface area contributed by atoms with Crippen molar-refractivity contribution in [3.8, 4) is 11.8 Å². The maximum absolute atomic E-state index is 13.2. The molecule has 3 saturated heterocycles. The van der Waals surface area contributed by atoms with Gasteiger partial charge in [-0.25, -0.2) is 9.59 Å². The van der Waals surface area contributed by atoms with E-state index in [4.69, 9.17) is 0 Å². The highest BCUT2D eigenvalue weighted by Crippen LogP contribution is 2.49.